The predicted octanol–water partition coefficient (Wildman–Crippen LogP) is 5.24. The molecular formula is C28H26N6O3. The second-order valence-corrected chi connectivity index (χ2v) is 9.81. The Hall–Kier alpha value is -4.49. The molecule has 1 saturated heterocycles. The molecule has 3 aliphatic rings. The van der Waals surface area contributed by atoms with Gasteiger partial charge >= 0.3 is 6.09 Å². The molecule has 3 heterocycles. The Bertz CT molecular complexity index is 1440. The van der Waals surface area contributed by atoms with Crippen LogP contribution in [0.3, 0.4) is 0 Å². The van der Waals surface area contributed by atoms with Crippen molar-refractivity contribution in [2.24, 2.45) is 5.11 Å². The third-order valence-corrected chi connectivity index (χ3v) is 8.35. The monoisotopic (exact) mass is 494 g/mol. The highest BCUT2D eigenvalue weighted by atomic mass is 16.4. The topological polar surface area (TPSA) is 122 Å². The maximum atomic E-state index is 14.2. The lowest BCUT2D eigenvalue weighted by atomic mass is 9.55. The van der Waals surface area contributed by atoms with Gasteiger partial charge in [0, 0.05) is 35.9 Å². The van der Waals surface area contributed by atoms with E-state index in [4.69, 9.17) is 5.53 Å². The van der Waals surface area contributed by atoms with Gasteiger partial charge in [-0.15, -0.1) is 0 Å². The molecule has 1 unspecified atom stereocenters. The van der Waals surface area contributed by atoms with Gasteiger partial charge in [-0.3, -0.25) is 9.69 Å². The molecule has 1 fully saturated rings. The van der Waals surface area contributed by atoms with Gasteiger partial charge in [-0.05, 0) is 47.2 Å². The number of fused-ring (bicyclic) bond motifs is 4. The summed E-state index contributed by atoms with van der Waals surface area (Å²) in [7, 11) is 0. The molecule has 0 aliphatic carbocycles. The molecule has 2 N–H and O–H groups in total. The fourth-order valence-corrected chi connectivity index (χ4v) is 7.06. The molecule has 3 aromatic rings. The number of hydrogen-bond donors (Lipinski definition) is 2. The van der Waals surface area contributed by atoms with Gasteiger partial charge < -0.3 is 15.3 Å². The zero-order valence-corrected chi connectivity index (χ0v) is 20.1. The molecule has 0 radical (unpaired) electrons. The standard InChI is InChI=1S/C28H26N6O3/c29-32-30-16-14-27(20-10-4-6-12-22(20)31-24(27)35)28-15-17-33(26(36)37)25(28)34(18-19-8-2-1-3-9-19)23-13-7-5-11-21(23)28/h1-13,25H,14-18H2,(H,31,35)(H,36,37)/t25-,27+,28?/m0/s1. The van der Waals surface area contributed by atoms with Crippen LogP contribution in [0.25, 0.3) is 10.4 Å². The SMILES string of the molecule is [N-]=[N+]=NCC[C@]1(C23CCN(C(=O)O)[C@H]2N(Cc2ccccc2)c2ccccc23)C(=O)Nc2ccccc21. The van der Waals surface area contributed by atoms with Crippen molar-refractivity contribution in [1.29, 1.82) is 0 Å². The molecule has 9 heteroatoms. The van der Waals surface area contributed by atoms with Gasteiger partial charge in [0.2, 0.25) is 5.91 Å². The molecule has 186 valence electrons. The molecule has 3 aromatic carbocycles. The quantitative estimate of drug-likeness (QED) is 0.276. The second kappa shape index (κ2) is 8.57. The van der Waals surface area contributed by atoms with Crippen LogP contribution >= 0.6 is 0 Å². The number of carbonyl (C=O) groups excluding carboxylic acids is 1. The third kappa shape index (κ3) is 3.07. The summed E-state index contributed by atoms with van der Waals surface area (Å²) in [5.41, 5.74) is 11.5. The molecular weight excluding hydrogens is 468 g/mol. The number of likely N-dealkylation sites (tertiary alicyclic amines) is 1. The number of anilines is 2. The third-order valence-electron chi connectivity index (χ3n) is 8.35. The van der Waals surface area contributed by atoms with Gasteiger partial charge in [0.1, 0.15) is 6.17 Å². The smallest absolute Gasteiger partial charge is 0.408 e. The van der Waals surface area contributed by atoms with Crippen molar-refractivity contribution in [3.8, 4) is 0 Å². The average Bonchev–Trinajstić information content (AvgIpc) is 3.53. The minimum absolute atomic E-state index is 0.112. The van der Waals surface area contributed by atoms with Crippen LogP contribution in [0.1, 0.15) is 29.5 Å². The average molecular weight is 495 g/mol. The van der Waals surface area contributed by atoms with Crippen molar-refractivity contribution < 1.29 is 14.7 Å². The van der Waals surface area contributed by atoms with Gasteiger partial charge in [-0.25, -0.2) is 4.79 Å². The maximum absolute atomic E-state index is 14.2. The fourth-order valence-electron chi connectivity index (χ4n) is 7.06. The van der Waals surface area contributed by atoms with Crippen LogP contribution in [0.15, 0.2) is 84.0 Å². The van der Waals surface area contributed by atoms with E-state index in [1.165, 1.54) is 4.90 Å². The van der Waals surface area contributed by atoms with E-state index < -0.39 is 23.1 Å². The summed E-state index contributed by atoms with van der Waals surface area (Å²) in [5.74, 6) is -0.185. The first-order valence-electron chi connectivity index (χ1n) is 12.4. The lowest BCUT2D eigenvalue weighted by Gasteiger charge is -2.47. The Balaban J connectivity index is 1.63. The zero-order valence-electron chi connectivity index (χ0n) is 20.1. The molecule has 9 nitrogen and oxygen atoms in total. The molecule has 0 aromatic heterocycles. The number of benzene rings is 3. The summed E-state index contributed by atoms with van der Waals surface area (Å²) in [6.07, 6.45) is -0.915. The summed E-state index contributed by atoms with van der Waals surface area (Å²) in [4.78, 5) is 33.4. The highest BCUT2D eigenvalue weighted by Crippen LogP contribution is 2.64. The lowest BCUT2D eigenvalue weighted by molar-refractivity contribution is -0.124. The summed E-state index contributed by atoms with van der Waals surface area (Å²) < 4.78 is 0. The molecule has 2 amide bonds. The first-order valence-corrected chi connectivity index (χ1v) is 12.4. The van der Waals surface area contributed by atoms with Gasteiger partial charge in [-0.2, -0.15) is 0 Å². The van der Waals surface area contributed by atoms with E-state index in [0.717, 1.165) is 22.4 Å². The Morgan fingerprint density at radius 1 is 1.05 bits per heavy atom. The number of azide groups is 1. The Labute approximate surface area is 213 Å². The summed E-state index contributed by atoms with van der Waals surface area (Å²) >= 11 is 0. The summed E-state index contributed by atoms with van der Waals surface area (Å²) in [5, 5.41) is 17.3. The summed E-state index contributed by atoms with van der Waals surface area (Å²) in [6, 6.07) is 25.5. The highest BCUT2D eigenvalue weighted by molar-refractivity contribution is 6.08. The Kier molecular flexibility index (Phi) is 5.31. The second-order valence-electron chi connectivity index (χ2n) is 9.81. The molecule has 6 rings (SSSR count). The van der Waals surface area contributed by atoms with E-state index in [2.05, 4.69) is 20.2 Å². The van der Waals surface area contributed by atoms with Crippen LogP contribution in [-0.4, -0.2) is 41.3 Å². The van der Waals surface area contributed by atoms with Crippen molar-refractivity contribution in [2.45, 2.75) is 36.4 Å². The fraction of sp³-hybridized carbons (Fsp3) is 0.286. The minimum atomic E-state index is -1.13. The largest absolute Gasteiger partial charge is 0.465 e. The number of hydrogen-bond acceptors (Lipinski definition) is 4. The van der Waals surface area contributed by atoms with Crippen molar-refractivity contribution in [1.82, 2.24) is 4.90 Å². The summed E-state index contributed by atoms with van der Waals surface area (Å²) in [6.45, 7) is 0.892. The maximum Gasteiger partial charge on any atom is 0.408 e. The van der Waals surface area contributed by atoms with Crippen molar-refractivity contribution in [2.75, 3.05) is 23.3 Å². The number of nitrogens with zero attached hydrogens (tertiary/aromatic N) is 5. The van der Waals surface area contributed by atoms with Crippen LogP contribution < -0.4 is 10.2 Å². The van der Waals surface area contributed by atoms with E-state index in [9.17, 15) is 14.7 Å². The van der Waals surface area contributed by atoms with E-state index in [0.29, 0.717) is 25.2 Å². The minimum Gasteiger partial charge on any atom is -0.465 e. The van der Waals surface area contributed by atoms with Gasteiger partial charge in [0.05, 0.1) is 10.8 Å². The van der Waals surface area contributed by atoms with E-state index in [-0.39, 0.29) is 18.9 Å². The van der Waals surface area contributed by atoms with Crippen LogP contribution in [0, 0.1) is 0 Å². The van der Waals surface area contributed by atoms with Crippen molar-refractivity contribution >= 4 is 23.4 Å². The highest BCUT2D eigenvalue weighted by Gasteiger charge is 2.72. The van der Waals surface area contributed by atoms with Crippen molar-refractivity contribution in [3.63, 3.8) is 0 Å². The normalized spacial score (nSPS) is 25.2. The van der Waals surface area contributed by atoms with Gasteiger partial charge in [0.25, 0.3) is 0 Å². The number of nitrogens with one attached hydrogen (secondary N) is 1. The number of carbonyl (C=O) groups is 2. The number of rotatable bonds is 6. The first-order chi connectivity index (χ1) is 18.0. The number of amides is 2. The lowest BCUT2D eigenvalue weighted by Crippen LogP contribution is -2.62. The molecule has 37 heavy (non-hydrogen) atoms. The molecule has 0 saturated carbocycles. The Morgan fingerprint density at radius 3 is 2.51 bits per heavy atom. The van der Waals surface area contributed by atoms with E-state index in [1.807, 2.05) is 78.9 Å². The molecule has 3 atom stereocenters. The van der Waals surface area contributed by atoms with E-state index >= 15 is 0 Å². The van der Waals surface area contributed by atoms with Crippen LogP contribution in [0.5, 0.6) is 0 Å². The van der Waals surface area contributed by atoms with Crippen LogP contribution in [0.2, 0.25) is 0 Å². The van der Waals surface area contributed by atoms with E-state index in [1.54, 1.807) is 0 Å². The molecule has 0 spiro atoms. The number of para-hydroxylation sites is 2. The molecule has 0 bridgehead atoms. The number of carboxylic acid groups (broad SMARTS) is 1. The Morgan fingerprint density at radius 2 is 1.76 bits per heavy atom. The zero-order chi connectivity index (χ0) is 25.6. The van der Waals surface area contributed by atoms with Gasteiger partial charge in [0.15, 0.2) is 0 Å². The van der Waals surface area contributed by atoms with Crippen LogP contribution in [0.4, 0.5) is 16.2 Å². The molecule has 3 aliphatic heterocycles. The van der Waals surface area contributed by atoms with Gasteiger partial charge in [-0.1, -0.05) is 71.8 Å². The van der Waals surface area contributed by atoms with Crippen LogP contribution in [-0.2, 0) is 22.2 Å². The first kappa shape index (κ1) is 22.9. The van der Waals surface area contributed by atoms with Crippen molar-refractivity contribution in [3.05, 3.63) is 106 Å². The predicted molar refractivity (Wildman–Crippen MR) is 139 cm³/mol.